The Balaban J connectivity index is 1.64. The van der Waals surface area contributed by atoms with Gasteiger partial charge in [0, 0.05) is 7.11 Å². The Kier molecular flexibility index (Phi) is 7.50. The number of rotatable bonds is 10. The fourth-order valence-electron chi connectivity index (χ4n) is 5.44. The number of carbonyl (C=O) groups is 1. The molecule has 3 aromatic carbocycles. The lowest BCUT2D eigenvalue weighted by atomic mass is 9.79. The molecule has 3 aromatic rings. The zero-order valence-electron chi connectivity index (χ0n) is 22.8. The van der Waals surface area contributed by atoms with Gasteiger partial charge in [0.1, 0.15) is 29.3 Å². The lowest BCUT2D eigenvalue weighted by Crippen LogP contribution is -2.51. The van der Waals surface area contributed by atoms with E-state index < -0.39 is 35.5 Å². The van der Waals surface area contributed by atoms with Crippen LogP contribution in [-0.2, 0) is 34.1 Å². The summed E-state index contributed by atoms with van der Waals surface area (Å²) >= 11 is 0. The van der Waals surface area contributed by atoms with E-state index in [2.05, 4.69) is 0 Å². The summed E-state index contributed by atoms with van der Waals surface area (Å²) in [6.45, 7) is 3.47. The maximum Gasteiger partial charge on any atom is 0.187 e. The van der Waals surface area contributed by atoms with Gasteiger partial charge in [-0.1, -0.05) is 54.6 Å². The third-order valence-electron chi connectivity index (χ3n) is 7.33. The molecule has 0 saturated carbocycles. The standard InChI is InChI=1S/C31H34O8/c1-29(2)37-26-27(38-29)30(19-32,39-28(26)35-5)20-36-31(21-9-7-6-8-10-21,22-11-15-24(33-3)16-12-22)23-13-17-25(34-4)18-14-23/h6-19,26-28H,20H2,1-5H3/t26-,27+,28-,30-/m1/s1. The van der Waals surface area contributed by atoms with Crippen LogP contribution in [0.3, 0.4) is 0 Å². The van der Waals surface area contributed by atoms with Crippen molar-refractivity contribution < 1.29 is 38.0 Å². The Morgan fingerprint density at radius 3 is 1.79 bits per heavy atom. The molecule has 0 aromatic heterocycles. The van der Waals surface area contributed by atoms with Gasteiger partial charge in [0.05, 0.1) is 20.8 Å². The van der Waals surface area contributed by atoms with E-state index in [-0.39, 0.29) is 6.61 Å². The fraction of sp³-hybridized carbons (Fsp3) is 0.387. The molecule has 2 heterocycles. The Morgan fingerprint density at radius 1 is 0.769 bits per heavy atom. The average Bonchev–Trinajstić information content (AvgIpc) is 3.45. The van der Waals surface area contributed by atoms with E-state index in [1.807, 2.05) is 78.9 Å². The number of methoxy groups -OCH3 is 3. The number of carbonyl (C=O) groups excluding carboxylic acids is 1. The summed E-state index contributed by atoms with van der Waals surface area (Å²) in [5, 5.41) is 0. The van der Waals surface area contributed by atoms with Crippen molar-refractivity contribution in [3.05, 3.63) is 95.6 Å². The number of aldehydes is 1. The van der Waals surface area contributed by atoms with Crippen LogP contribution in [0.2, 0.25) is 0 Å². The van der Waals surface area contributed by atoms with Gasteiger partial charge in [-0.05, 0) is 54.8 Å². The van der Waals surface area contributed by atoms with Crippen LogP contribution < -0.4 is 9.47 Å². The number of hydrogen-bond donors (Lipinski definition) is 0. The van der Waals surface area contributed by atoms with Gasteiger partial charge in [-0.15, -0.1) is 0 Å². The van der Waals surface area contributed by atoms with E-state index in [0.717, 1.165) is 23.0 Å². The van der Waals surface area contributed by atoms with Gasteiger partial charge < -0.3 is 33.2 Å². The first-order valence-electron chi connectivity index (χ1n) is 12.8. The molecule has 206 valence electrons. The molecule has 5 rings (SSSR count). The topological polar surface area (TPSA) is 81.7 Å². The molecule has 0 spiro atoms. The van der Waals surface area contributed by atoms with Crippen LogP contribution >= 0.6 is 0 Å². The Hall–Kier alpha value is -3.27. The fourth-order valence-corrected chi connectivity index (χ4v) is 5.44. The summed E-state index contributed by atoms with van der Waals surface area (Å²) in [6.07, 6.45) is -1.37. The first kappa shape index (κ1) is 27.3. The molecule has 0 aliphatic carbocycles. The van der Waals surface area contributed by atoms with Crippen molar-refractivity contribution in [2.45, 2.75) is 49.3 Å². The van der Waals surface area contributed by atoms with Gasteiger partial charge in [0.2, 0.25) is 0 Å². The number of benzene rings is 3. The highest BCUT2D eigenvalue weighted by molar-refractivity contribution is 5.65. The molecule has 2 aliphatic rings. The summed E-state index contributed by atoms with van der Waals surface area (Å²) < 4.78 is 41.8. The number of hydrogen-bond acceptors (Lipinski definition) is 8. The van der Waals surface area contributed by atoms with Crippen molar-refractivity contribution in [1.82, 2.24) is 0 Å². The highest BCUT2D eigenvalue weighted by atomic mass is 16.8. The Bertz CT molecular complexity index is 1210. The molecule has 2 fully saturated rings. The van der Waals surface area contributed by atoms with Crippen LogP contribution in [0.25, 0.3) is 0 Å². The zero-order valence-corrected chi connectivity index (χ0v) is 22.8. The second-order valence-electron chi connectivity index (χ2n) is 10.1. The molecule has 8 nitrogen and oxygen atoms in total. The van der Waals surface area contributed by atoms with Gasteiger partial charge in [0.15, 0.2) is 24.0 Å². The molecular formula is C31H34O8. The van der Waals surface area contributed by atoms with E-state index in [0.29, 0.717) is 11.5 Å². The summed E-state index contributed by atoms with van der Waals surface area (Å²) in [4.78, 5) is 12.8. The van der Waals surface area contributed by atoms with Gasteiger partial charge >= 0.3 is 0 Å². The monoisotopic (exact) mass is 534 g/mol. The second-order valence-corrected chi connectivity index (χ2v) is 10.1. The van der Waals surface area contributed by atoms with E-state index >= 15 is 0 Å². The molecule has 0 unspecified atom stereocenters. The predicted octanol–water partition coefficient (Wildman–Crippen LogP) is 4.47. The second kappa shape index (κ2) is 10.7. The number of fused-ring (bicyclic) bond motifs is 1. The van der Waals surface area contributed by atoms with Crippen molar-refractivity contribution in [3.63, 3.8) is 0 Å². The van der Waals surface area contributed by atoms with Crippen molar-refractivity contribution in [2.24, 2.45) is 0 Å². The van der Waals surface area contributed by atoms with Crippen molar-refractivity contribution in [2.75, 3.05) is 27.9 Å². The molecule has 8 heteroatoms. The zero-order chi connectivity index (χ0) is 27.7. The van der Waals surface area contributed by atoms with Crippen molar-refractivity contribution in [1.29, 1.82) is 0 Å². The Morgan fingerprint density at radius 2 is 1.31 bits per heavy atom. The highest BCUT2D eigenvalue weighted by Crippen LogP contribution is 2.47. The average molecular weight is 535 g/mol. The summed E-state index contributed by atoms with van der Waals surface area (Å²) in [5.41, 5.74) is -0.0690. The van der Waals surface area contributed by atoms with Crippen LogP contribution in [0, 0.1) is 0 Å². The third-order valence-corrected chi connectivity index (χ3v) is 7.33. The summed E-state index contributed by atoms with van der Waals surface area (Å²) in [7, 11) is 4.76. The summed E-state index contributed by atoms with van der Waals surface area (Å²) in [6, 6.07) is 25.2. The maximum absolute atomic E-state index is 12.8. The molecular weight excluding hydrogens is 500 g/mol. The maximum atomic E-state index is 12.8. The largest absolute Gasteiger partial charge is 0.497 e. The van der Waals surface area contributed by atoms with Gasteiger partial charge in [-0.2, -0.15) is 0 Å². The van der Waals surface area contributed by atoms with Crippen molar-refractivity contribution >= 4 is 6.29 Å². The first-order chi connectivity index (χ1) is 18.8. The van der Waals surface area contributed by atoms with Crippen LogP contribution in [0.4, 0.5) is 0 Å². The minimum absolute atomic E-state index is 0.135. The molecule has 2 saturated heterocycles. The van der Waals surface area contributed by atoms with E-state index in [1.54, 1.807) is 28.1 Å². The lowest BCUT2D eigenvalue weighted by Gasteiger charge is -2.39. The van der Waals surface area contributed by atoms with Crippen molar-refractivity contribution in [3.8, 4) is 11.5 Å². The normalized spacial score (nSPS) is 25.7. The van der Waals surface area contributed by atoms with E-state index in [1.165, 1.54) is 7.11 Å². The van der Waals surface area contributed by atoms with Gasteiger partial charge in [-0.25, -0.2) is 0 Å². The van der Waals surface area contributed by atoms with Gasteiger partial charge in [-0.3, -0.25) is 4.79 Å². The quantitative estimate of drug-likeness (QED) is 0.278. The SMILES string of the molecule is COc1ccc(C(OC[C@@]2(C=O)O[C@@H](OC)[C@@H]3OC(C)(C)O[C@@H]32)(c2ccccc2)c2ccc(OC)cc2)cc1. The Labute approximate surface area is 228 Å². The van der Waals surface area contributed by atoms with E-state index in [9.17, 15) is 4.79 Å². The minimum atomic E-state index is -1.47. The third kappa shape index (κ3) is 4.83. The molecule has 0 radical (unpaired) electrons. The highest BCUT2D eigenvalue weighted by Gasteiger charge is 2.64. The van der Waals surface area contributed by atoms with Crippen LogP contribution in [0.15, 0.2) is 78.9 Å². The molecule has 0 bridgehead atoms. The van der Waals surface area contributed by atoms with Crippen LogP contribution in [0.1, 0.15) is 30.5 Å². The molecule has 4 atom stereocenters. The first-order valence-corrected chi connectivity index (χ1v) is 12.8. The lowest BCUT2D eigenvalue weighted by molar-refractivity contribution is -0.253. The van der Waals surface area contributed by atoms with Crippen LogP contribution in [0.5, 0.6) is 11.5 Å². The molecule has 39 heavy (non-hydrogen) atoms. The van der Waals surface area contributed by atoms with E-state index in [4.69, 9.17) is 33.2 Å². The molecule has 2 aliphatic heterocycles. The minimum Gasteiger partial charge on any atom is -0.497 e. The smallest absolute Gasteiger partial charge is 0.187 e. The predicted molar refractivity (Wildman–Crippen MR) is 143 cm³/mol. The molecule has 0 amide bonds. The number of ether oxygens (including phenoxy) is 7. The van der Waals surface area contributed by atoms with Gasteiger partial charge in [0.25, 0.3) is 0 Å². The van der Waals surface area contributed by atoms with Crippen LogP contribution in [-0.4, -0.2) is 64.1 Å². The molecule has 0 N–H and O–H groups in total. The summed E-state index contributed by atoms with van der Waals surface area (Å²) in [5.74, 6) is 0.513.